The van der Waals surface area contributed by atoms with E-state index in [0.717, 1.165) is 23.2 Å². The van der Waals surface area contributed by atoms with Crippen LogP contribution in [0.4, 0.5) is 0 Å². The maximum absolute atomic E-state index is 11.8. The van der Waals surface area contributed by atoms with Crippen molar-refractivity contribution in [2.75, 3.05) is 7.05 Å². The van der Waals surface area contributed by atoms with Gasteiger partial charge in [-0.05, 0) is 45.1 Å². The van der Waals surface area contributed by atoms with Gasteiger partial charge >= 0.3 is 7.12 Å². The van der Waals surface area contributed by atoms with Crippen molar-refractivity contribution in [2.45, 2.75) is 58.7 Å². The molecule has 1 saturated heterocycles. The van der Waals surface area contributed by atoms with Crippen LogP contribution in [0.25, 0.3) is 0 Å². The Kier molecular flexibility index (Phi) is 4.52. The van der Waals surface area contributed by atoms with Crippen molar-refractivity contribution in [3.63, 3.8) is 0 Å². The number of aryl methyl sites for hydroxylation is 1. The molecule has 1 unspecified atom stereocenters. The van der Waals surface area contributed by atoms with Gasteiger partial charge in [-0.3, -0.25) is 4.79 Å². The van der Waals surface area contributed by atoms with Crippen LogP contribution in [-0.2, 0) is 15.7 Å². The maximum atomic E-state index is 11.8. The topological polar surface area (TPSA) is 47.6 Å². The molecule has 0 aliphatic carbocycles. The lowest BCUT2D eigenvalue weighted by Crippen LogP contribution is -2.44. The van der Waals surface area contributed by atoms with Crippen LogP contribution < -0.4 is 10.8 Å². The molecule has 1 amide bonds. The molecule has 1 aliphatic heterocycles. The molecule has 1 aromatic heterocycles. The fourth-order valence-electron chi connectivity index (χ4n) is 2.58. The summed E-state index contributed by atoms with van der Waals surface area (Å²) < 4.78 is 12.4. The molecule has 0 saturated carbocycles. The fraction of sp³-hybridized carbons (Fsp3) is 0.667. The van der Waals surface area contributed by atoms with Crippen LogP contribution in [0.3, 0.4) is 0 Å². The smallest absolute Gasteiger partial charge is 0.399 e. The van der Waals surface area contributed by atoms with Crippen molar-refractivity contribution in [1.82, 2.24) is 5.32 Å². The van der Waals surface area contributed by atoms with Gasteiger partial charge in [0.05, 0.1) is 16.1 Å². The first kappa shape index (κ1) is 16.5. The third-order valence-electron chi connectivity index (χ3n) is 4.58. The predicted molar refractivity (Wildman–Crippen MR) is 87.4 cm³/mol. The van der Waals surface area contributed by atoms with Crippen molar-refractivity contribution >= 4 is 29.8 Å². The quantitative estimate of drug-likeness (QED) is 0.869. The van der Waals surface area contributed by atoms with E-state index in [2.05, 4.69) is 39.9 Å². The molecule has 2 heterocycles. The van der Waals surface area contributed by atoms with Gasteiger partial charge in [-0.2, -0.15) is 0 Å². The van der Waals surface area contributed by atoms with E-state index in [9.17, 15) is 4.79 Å². The Hall–Kier alpha value is -0.845. The first-order valence-corrected chi connectivity index (χ1v) is 8.30. The number of rotatable bonds is 4. The number of carbonyl (C=O) groups is 1. The normalized spacial score (nSPS) is 24.4. The highest BCUT2D eigenvalue weighted by atomic mass is 32.1. The van der Waals surface area contributed by atoms with E-state index in [1.54, 1.807) is 7.05 Å². The van der Waals surface area contributed by atoms with Crippen LogP contribution in [-0.4, -0.2) is 31.3 Å². The summed E-state index contributed by atoms with van der Waals surface area (Å²) in [7, 11) is 1.25. The molecule has 0 radical (unpaired) electrons. The molecule has 21 heavy (non-hydrogen) atoms. The summed E-state index contributed by atoms with van der Waals surface area (Å²) in [4.78, 5) is 13.7. The van der Waals surface area contributed by atoms with Crippen LogP contribution in [0.5, 0.6) is 0 Å². The number of carbonyl (C=O) groups excluding carboxylic acids is 1. The molecule has 2 rings (SSSR count). The highest BCUT2D eigenvalue weighted by Crippen LogP contribution is 2.39. The van der Waals surface area contributed by atoms with Gasteiger partial charge in [-0.25, -0.2) is 0 Å². The zero-order valence-corrected chi connectivity index (χ0v) is 14.5. The Morgan fingerprint density at radius 2 is 2.00 bits per heavy atom. The summed E-state index contributed by atoms with van der Waals surface area (Å²) in [6.45, 7) is 10.4. The lowest BCUT2D eigenvalue weighted by Gasteiger charge is -2.35. The standard InChI is InChI=1S/C15H24BNO3S/c1-7-11-10(9-12(21-11)13(18)17-6)16-19-14(3,4)15(5,8-2)20-16/h9H,7-8H2,1-6H3,(H,17,18). The van der Waals surface area contributed by atoms with Gasteiger partial charge in [0.2, 0.25) is 0 Å². The predicted octanol–water partition coefficient (Wildman–Crippen LogP) is 2.36. The molecule has 1 aromatic rings. The second-order valence-corrected chi connectivity index (χ2v) is 7.22. The van der Waals surface area contributed by atoms with Gasteiger partial charge in [0, 0.05) is 11.9 Å². The molecule has 0 bridgehead atoms. The zero-order chi connectivity index (χ0) is 15.8. The third kappa shape index (κ3) is 2.76. The van der Waals surface area contributed by atoms with E-state index in [-0.39, 0.29) is 17.1 Å². The van der Waals surface area contributed by atoms with Crippen LogP contribution in [0, 0.1) is 0 Å². The minimum atomic E-state index is -0.394. The Morgan fingerprint density at radius 1 is 1.33 bits per heavy atom. The molecule has 1 atom stereocenters. The van der Waals surface area contributed by atoms with Crippen molar-refractivity contribution in [3.05, 3.63) is 15.8 Å². The van der Waals surface area contributed by atoms with Crippen molar-refractivity contribution < 1.29 is 14.1 Å². The number of hydrogen-bond donors (Lipinski definition) is 1. The SMILES string of the molecule is CCc1sc(C(=O)NC)cc1B1OC(C)(C)C(C)(CC)O1. The maximum Gasteiger partial charge on any atom is 0.496 e. The molecule has 0 spiro atoms. The van der Waals surface area contributed by atoms with Crippen LogP contribution in [0.1, 0.15) is 55.6 Å². The van der Waals surface area contributed by atoms with Crippen molar-refractivity contribution in [1.29, 1.82) is 0 Å². The Balaban J connectivity index is 2.35. The molecule has 1 N–H and O–H groups in total. The van der Waals surface area contributed by atoms with Gasteiger partial charge in [-0.15, -0.1) is 11.3 Å². The molecule has 4 nitrogen and oxygen atoms in total. The second kappa shape index (κ2) is 5.74. The van der Waals surface area contributed by atoms with Crippen molar-refractivity contribution in [3.8, 4) is 0 Å². The second-order valence-electron chi connectivity index (χ2n) is 6.08. The molecular formula is C15H24BNO3S. The number of nitrogens with one attached hydrogen (secondary N) is 1. The summed E-state index contributed by atoms with van der Waals surface area (Å²) in [5.74, 6) is -0.0588. The summed E-state index contributed by atoms with van der Waals surface area (Å²) in [6, 6.07) is 1.91. The van der Waals surface area contributed by atoms with E-state index >= 15 is 0 Å². The average Bonchev–Trinajstić information content (AvgIpc) is 2.98. The van der Waals surface area contributed by atoms with E-state index < -0.39 is 7.12 Å². The largest absolute Gasteiger partial charge is 0.496 e. The lowest BCUT2D eigenvalue weighted by atomic mass is 9.78. The number of amides is 1. The highest BCUT2D eigenvalue weighted by molar-refractivity contribution is 7.15. The number of thiophene rings is 1. The van der Waals surface area contributed by atoms with Crippen molar-refractivity contribution in [2.24, 2.45) is 0 Å². The van der Waals surface area contributed by atoms with E-state index in [4.69, 9.17) is 9.31 Å². The van der Waals surface area contributed by atoms with Crippen LogP contribution in [0.15, 0.2) is 6.07 Å². The van der Waals surface area contributed by atoms with E-state index in [0.29, 0.717) is 4.88 Å². The monoisotopic (exact) mass is 309 g/mol. The van der Waals surface area contributed by atoms with Gasteiger partial charge in [-0.1, -0.05) is 13.8 Å². The molecule has 1 aliphatic rings. The molecule has 1 fully saturated rings. The molecule has 0 aromatic carbocycles. The third-order valence-corrected chi connectivity index (χ3v) is 5.88. The summed E-state index contributed by atoms with van der Waals surface area (Å²) in [6.07, 6.45) is 1.74. The highest BCUT2D eigenvalue weighted by Gasteiger charge is 2.54. The summed E-state index contributed by atoms with van der Waals surface area (Å²) in [5.41, 5.74) is 0.316. The average molecular weight is 309 g/mol. The van der Waals surface area contributed by atoms with Gasteiger partial charge in [0.25, 0.3) is 5.91 Å². The Morgan fingerprint density at radius 3 is 2.48 bits per heavy atom. The fourth-order valence-corrected chi connectivity index (χ4v) is 3.65. The Labute approximate surface area is 131 Å². The van der Waals surface area contributed by atoms with Gasteiger partial charge in [0.1, 0.15) is 0 Å². The minimum absolute atomic E-state index is 0.0588. The molecule has 6 heteroatoms. The molecular weight excluding hydrogens is 285 g/mol. The van der Waals surface area contributed by atoms with Crippen LogP contribution >= 0.6 is 11.3 Å². The van der Waals surface area contributed by atoms with Crippen LogP contribution in [0.2, 0.25) is 0 Å². The zero-order valence-electron chi connectivity index (χ0n) is 13.7. The van der Waals surface area contributed by atoms with E-state index in [1.165, 1.54) is 11.3 Å². The van der Waals surface area contributed by atoms with Gasteiger partial charge < -0.3 is 14.6 Å². The van der Waals surface area contributed by atoms with E-state index in [1.807, 2.05) is 6.07 Å². The first-order valence-electron chi connectivity index (χ1n) is 7.48. The lowest BCUT2D eigenvalue weighted by molar-refractivity contribution is -0.0118. The first-order chi connectivity index (χ1) is 9.78. The van der Waals surface area contributed by atoms with Gasteiger partial charge in [0.15, 0.2) is 0 Å². The minimum Gasteiger partial charge on any atom is -0.399 e. The molecule has 116 valence electrons. The summed E-state index contributed by atoms with van der Waals surface area (Å²) in [5, 5.41) is 2.67. The summed E-state index contributed by atoms with van der Waals surface area (Å²) >= 11 is 1.51. The number of hydrogen-bond acceptors (Lipinski definition) is 4. The Bertz CT molecular complexity index is 543.